The lowest BCUT2D eigenvalue weighted by Gasteiger charge is -2.23. The van der Waals surface area contributed by atoms with E-state index >= 15 is 0 Å². The SMILES string of the molecule is CCCC1NC(=O)N(CC(=O)C(C)(C)C(=O)OCC)C1=O. The molecule has 21 heavy (non-hydrogen) atoms. The number of hydrogen-bond donors (Lipinski definition) is 1. The average molecular weight is 298 g/mol. The number of esters is 1. The minimum Gasteiger partial charge on any atom is -0.465 e. The third kappa shape index (κ3) is 3.59. The number of Topliss-reactive ketones (excluding diaryl/α,β-unsaturated/α-hetero) is 1. The van der Waals surface area contributed by atoms with E-state index in [1.807, 2.05) is 6.92 Å². The van der Waals surface area contributed by atoms with E-state index in [1.165, 1.54) is 13.8 Å². The Morgan fingerprint density at radius 1 is 1.29 bits per heavy atom. The molecule has 0 aromatic rings. The van der Waals surface area contributed by atoms with Gasteiger partial charge < -0.3 is 10.1 Å². The molecule has 1 fully saturated rings. The highest BCUT2D eigenvalue weighted by atomic mass is 16.5. The lowest BCUT2D eigenvalue weighted by molar-refractivity contribution is -0.158. The number of imide groups is 1. The first kappa shape index (κ1) is 17.1. The van der Waals surface area contributed by atoms with Crippen LogP contribution < -0.4 is 5.32 Å². The first-order valence-corrected chi connectivity index (χ1v) is 7.08. The molecule has 1 atom stereocenters. The Morgan fingerprint density at radius 3 is 2.43 bits per heavy atom. The van der Waals surface area contributed by atoms with Gasteiger partial charge in [-0.05, 0) is 27.2 Å². The third-order valence-corrected chi connectivity index (χ3v) is 3.47. The summed E-state index contributed by atoms with van der Waals surface area (Å²) in [7, 11) is 0. The molecule has 118 valence electrons. The quantitative estimate of drug-likeness (QED) is 0.427. The van der Waals surface area contributed by atoms with Crippen LogP contribution in [0.4, 0.5) is 4.79 Å². The second-order valence-electron chi connectivity index (χ2n) is 5.48. The summed E-state index contributed by atoms with van der Waals surface area (Å²) in [6.45, 7) is 6.14. The number of ether oxygens (including phenoxy) is 1. The van der Waals surface area contributed by atoms with Crippen molar-refractivity contribution in [1.29, 1.82) is 0 Å². The summed E-state index contributed by atoms with van der Waals surface area (Å²) in [6.07, 6.45) is 1.27. The van der Waals surface area contributed by atoms with E-state index < -0.39 is 41.7 Å². The highest BCUT2D eigenvalue weighted by molar-refractivity contribution is 6.10. The summed E-state index contributed by atoms with van der Waals surface area (Å²) in [5, 5.41) is 2.53. The van der Waals surface area contributed by atoms with Gasteiger partial charge >= 0.3 is 12.0 Å². The largest absolute Gasteiger partial charge is 0.465 e. The number of carbonyl (C=O) groups is 4. The molecule has 1 saturated heterocycles. The van der Waals surface area contributed by atoms with Crippen molar-refractivity contribution >= 4 is 23.7 Å². The second kappa shape index (κ2) is 6.69. The van der Waals surface area contributed by atoms with Crippen molar-refractivity contribution < 1.29 is 23.9 Å². The predicted molar refractivity (Wildman–Crippen MR) is 74.4 cm³/mol. The van der Waals surface area contributed by atoms with Crippen LogP contribution in [0.5, 0.6) is 0 Å². The molecule has 0 radical (unpaired) electrons. The Morgan fingerprint density at radius 2 is 1.90 bits per heavy atom. The summed E-state index contributed by atoms with van der Waals surface area (Å²) in [5.74, 6) is -1.61. The fourth-order valence-electron chi connectivity index (χ4n) is 1.98. The second-order valence-corrected chi connectivity index (χ2v) is 5.48. The van der Waals surface area contributed by atoms with E-state index in [4.69, 9.17) is 4.74 Å². The first-order chi connectivity index (χ1) is 9.75. The maximum atomic E-state index is 12.2. The maximum Gasteiger partial charge on any atom is 0.325 e. The molecule has 1 N–H and O–H groups in total. The van der Waals surface area contributed by atoms with E-state index in [0.717, 1.165) is 11.3 Å². The van der Waals surface area contributed by atoms with Crippen LogP contribution in [0.25, 0.3) is 0 Å². The van der Waals surface area contributed by atoms with Gasteiger partial charge in [-0.25, -0.2) is 4.79 Å². The van der Waals surface area contributed by atoms with Crippen LogP contribution >= 0.6 is 0 Å². The molecule has 0 spiro atoms. The zero-order chi connectivity index (χ0) is 16.2. The summed E-state index contributed by atoms with van der Waals surface area (Å²) in [4.78, 5) is 48.6. The fourth-order valence-corrected chi connectivity index (χ4v) is 1.98. The normalized spacial score (nSPS) is 18.7. The number of rotatable bonds is 7. The van der Waals surface area contributed by atoms with Crippen LogP contribution in [0.3, 0.4) is 0 Å². The number of nitrogens with one attached hydrogen (secondary N) is 1. The molecule has 0 aromatic carbocycles. The van der Waals surface area contributed by atoms with Crippen LogP contribution in [0, 0.1) is 5.41 Å². The lowest BCUT2D eigenvalue weighted by Crippen LogP contribution is -2.44. The molecule has 0 bridgehead atoms. The molecule has 1 rings (SSSR count). The molecule has 1 heterocycles. The number of amides is 3. The van der Waals surface area contributed by atoms with Crippen molar-refractivity contribution in [3.8, 4) is 0 Å². The van der Waals surface area contributed by atoms with Gasteiger partial charge in [-0.3, -0.25) is 19.3 Å². The molecule has 0 aromatic heterocycles. The number of carbonyl (C=O) groups excluding carboxylic acids is 4. The number of nitrogens with zero attached hydrogens (tertiary/aromatic N) is 1. The first-order valence-electron chi connectivity index (χ1n) is 7.08. The van der Waals surface area contributed by atoms with Gasteiger partial charge in [0.15, 0.2) is 5.78 Å². The maximum absolute atomic E-state index is 12.2. The molecular formula is C14H22N2O5. The Bertz CT molecular complexity index is 458. The predicted octanol–water partition coefficient (Wildman–Crippen LogP) is 0.865. The fraction of sp³-hybridized carbons (Fsp3) is 0.714. The zero-order valence-corrected chi connectivity index (χ0v) is 12.9. The number of ketones is 1. The van der Waals surface area contributed by atoms with Gasteiger partial charge in [-0.1, -0.05) is 13.3 Å². The minimum absolute atomic E-state index is 0.164. The molecule has 1 aliphatic heterocycles. The van der Waals surface area contributed by atoms with Crippen molar-refractivity contribution in [1.82, 2.24) is 10.2 Å². The highest BCUT2D eigenvalue weighted by Crippen LogP contribution is 2.21. The van der Waals surface area contributed by atoms with Gasteiger partial charge in [0.2, 0.25) is 0 Å². The summed E-state index contributed by atoms with van der Waals surface area (Å²) >= 11 is 0. The summed E-state index contributed by atoms with van der Waals surface area (Å²) in [5.41, 5.74) is -1.39. The number of urea groups is 1. The summed E-state index contributed by atoms with van der Waals surface area (Å²) in [6, 6.07) is -1.17. The van der Waals surface area contributed by atoms with E-state index in [0.29, 0.717) is 6.42 Å². The van der Waals surface area contributed by atoms with Crippen molar-refractivity contribution in [3.05, 3.63) is 0 Å². The van der Waals surface area contributed by atoms with Gasteiger partial charge in [0, 0.05) is 0 Å². The van der Waals surface area contributed by atoms with Gasteiger partial charge in [0.05, 0.1) is 13.2 Å². The van der Waals surface area contributed by atoms with Gasteiger partial charge in [-0.2, -0.15) is 0 Å². The van der Waals surface area contributed by atoms with E-state index in [1.54, 1.807) is 6.92 Å². The highest BCUT2D eigenvalue weighted by Gasteiger charge is 2.43. The molecular weight excluding hydrogens is 276 g/mol. The minimum atomic E-state index is -1.39. The Balaban J connectivity index is 2.76. The summed E-state index contributed by atoms with van der Waals surface area (Å²) < 4.78 is 4.84. The Labute approximate surface area is 124 Å². The molecule has 7 nitrogen and oxygen atoms in total. The lowest BCUT2D eigenvalue weighted by atomic mass is 9.88. The van der Waals surface area contributed by atoms with Crippen molar-refractivity contribution in [2.75, 3.05) is 13.2 Å². The topological polar surface area (TPSA) is 92.8 Å². The van der Waals surface area contributed by atoms with Crippen LogP contribution in [0.15, 0.2) is 0 Å². The molecule has 1 aliphatic rings. The average Bonchev–Trinajstić information content (AvgIpc) is 2.67. The standard InChI is InChI=1S/C14H22N2O5/c1-5-7-9-11(18)16(13(20)15-9)8-10(17)14(3,4)12(19)21-6-2/h9H,5-8H2,1-4H3,(H,15,20). The van der Waals surface area contributed by atoms with Crippen LogP contribution in [-0.2, 0) is 19.1 Å². The monoisotopic (exact) mass is 298 g/mol. The van der Waals surface area contributed by atoms with Gasteiger partial charge in [0.1, 0.15) is 11.5 Å². The molecule has 3 amide bonds. The number of hydrogen-bond acceptors (Lipinski definition) is 5. The zero-order valence-electron chi connectivity index (χ0n) is 12.9. The Kier molecular flexibility index (Phi) is 5.46. The molecule has 7 heteroatoms. The van der Waals surface area contributed by atoms with Crippen LogP contribution in [0.2, 0.25) is 0 Å². The molecule has 0 aliphatic carbocycles. The third-order valence-electron chi connectivity index (χ3n) is 3.47. The van der Waals surface area contributed by atoms with E-state index in [2.05, 4.69) is 5.32 Å². The molecule has 1 unspecified atom stereocenters. The Hall–Kier alpha value is -1.92. The van der Waals surface area contributed by atoms with E-state index in [9.17, 15) is 19.2 Å². The smallest absolute Gasteiger partial charge is 0.325 e. The van der Waals surface area contributed by atoms with Crippen molar-refractivity contribution in [2.24, 2.45) is 5.41 Å². The van der Waals surface area contributed by atoms with Gasteiger partial charge in [-0.15, -0.1) is 0 Å². The van der Waals surface area contributed by atoms with Crippen LogP contribution in [0.1, 0.15) is 40.5 Å². The van der Waals surface area contributed by atoms with Crippen molar-refractivity contribution in [2.45, 2.75) is 46.6 Å². The van der Waals surface area contributed by atoms with E-state index in [-0.39, 0.29) is 6.61 Å². The molecule has 0 saturated carbocycles. The van der Waals surface area contributed by atoms with Crippen LogP contribution in [-0.4, -0.2) is 47.8 Å². The van der Waals surface area contributed by atoms with Gasteiger partial charge in [0.25, 0.3) is 5.91 Å². The van der Waals surface area contributed by atoms with Crippen molar-refractivity contribution in [3.63, 3.8) is 0 Å².